The smallest absolute Gasteiger partial charge is 0.287 e. The lowest BCUT2D eigenvalue weighted by Crippen LogP contribution is -2.25. The summed E-state index contributed by atoms with van der Waals surface area (Å²) in [5.74, 6) is 0. The third-order valence-corrected chi connectivity index (χ3v) is 4.18. The summed E-state index contributed by atoms with van der Waals surface area (Å²) in [5, 5.41) is 16.8. The van der Waals surface area contributed by atoms with Gasteiger partial charge in [0.15, 0.2) is 0 Å². The molecule has 0 radical (unpaired) electrons. The quantitative estimate of drug-likeness (QED) is 0.845. The van der Waals surface area contributed by atoms with Crippen molar-refractivity contribution in [3.63, 3.8) is 0 Å². The summed E-state index contributed by atoms with van der Waals surface area (Å²) < 4.78 is 1.13. The van der Waals surface area contributed by atoms with Gasteiger partial charge in [0, 0.05) is 11.1 Å². The summed E-state index contributed by atoms with van der Waals surface area (Å²) in [6, 6.07) is 0. The molecule has 2 aromatic rings. The summed E-state index contributed by atoms with van der Waals surface area (Å²) >= 11 is 7.62. The van der Waals surface area contributed by atoms with Crippen LogP contribution in [-0.2, 0) is 19.5 Å². The molecule has 0 aliphatic heterocycles. The maximum absolute atomic E-state index is 11.8. The van der Waals surface area contributed by atoms with Gasteiger partial charge >= 0.3 is 0 Å². The van der Waals surface area contributed by atoms with Gasteiger partial charge in [-0.25, -0.2) is 9.67 Å². The molecule has 0 fully saturated rings. The Balaban J connectivity index is 2.10. The van der Waals surface area contributed by atoms with Crippen molar-refractivity contribution >= 4 is 28.6 Å². The van der Waals surface area contributed by atoms with Crippen LogP contribution in [0.15, 0.2) is 17.2 Å². The van der Waals surface area contributed by atoms with Crippen LogP contribution in [0.25, 0.3) is 0 Å². The second-order valence-electron chi connectivity index (χ2n) is 4.05. The van der Waals surface area contributed by atoms with E-state index in [-0.39, 0.29) is 18.2 Å². The van der Waals surface area contributed by atoms with E-state index in [0.29, 0.717) is 12.2 Å². The molecule has 108 valence electrons. The predicted octanol–water partition coefficient (Wildman–Crippen LogP) is 1.52. The van der Waals surface area contributed by atoms with Crippen molar-refractivity contribution in [2.45, 2.75) is 26.4 Å². The summed E-state index contributed by atoms with van der Waals surface area (Å²) in [4.78, 5) is 17.3. The minimum absolute atomic E-state index is 0.0701. The van der Waals surface area contributed by atoms with E-state index in [9.17, 15) is 4.79 Å². The average molecular weight is 315 g/mol. The largest absolute Gasteiger partial charge is 0.394 e. The van der Waals surface area contributed by atoms with E-state index < -0.39 is 5.56 Å². The van der Waals surface area contributed by atoms with Crippen LogP contribution in [0.4, 0.5) is 5.69 Å². The summed E-state index contributed by atoms with van der Waals surface area (Å²) in [6.07, 6.45) is 4.28. The van der Waals surface area contributed by atoms with Crippen LogP contribution in [0.3, 0.4) is 0 Å². The molecular weight excluding hydrogens is 300 g/mol. The highest BCUT2D eigenvalue weighted by molar-refractivity contribution is 7.11. The third kappa shape index (κ3) is 3.36. The number of nitrogens with one attached hydrogen (secondary N) is 1. The van der Waals surface area contributed by atoms with E-state index in [4.69, 9.17) is 16.7 Å². The van der Waals surface area contributed by atoms with Crippen LogP contribution in [0.5, 0.6) is 0 Å². The number of anilines is 1. The Hall–Kier alpha value is -1.44. The average Bonchev–Trinajstić information content (AvgIpc) is 2.91. The van der Waals surface area contributed by atoms with Crippen molar-refractivity contribution in [1.82, 2.24) is 14.8 Å². The number of rotatable bonds is 6. The van der Waals surface area contributed by atoms with Gasteiger partial charge in [-0.15, -0.1) is 11.3 Å². The number of aryl methyl sites for hydroxylation is 1. The highest BCUT2D eigenvalue weighted by Gasteiger charge is 2.09. The minimum Gasteiger partial charge on any atom is -0.394 e. The molecule has 0 aliphatic rings. The molecule has 6 nitrogen and oxygen atoms in total. The molecule has 0 unspecified atom stereocenters. The molecule has 2 heterocycles. The summed E-state index contributed by atoms with van der Waals surface area (Å²) in [7, 11) is 0. The number of hydrogen-bond acceptors (Lipinski definition) is 6. The SMILES string of the molecule is CCc1cnc(CNc2cnn(CCO)c(=O)c2Cl)s1. The minimum atomic E-state index is -0.417. The van der Waals surface area contributed by atoms with Gasteiger partial charge in [-0.1, -0.05) is 18.5 Å². The first-order chi connectivity index (χ1) is 9.65. The van der Waals surface area contributed by atoms with E-state index in [1.54, 1.807) is 11.3 Å². The van der Waals surface area contributed by atoms with Crippen molar-refractivity contribution in [3.8, 4) is 0 Å². The normalized spacial score (nSPS) is 10.8. The molecular formula is C12H15ClN4O2S. The maximum Gasteiger partial charge on any atom is 0.287 e. The Morgan fingerprint density at radius 2 is 2.30 bits per heavy atom. The summed E-state index contributed by atoms with van der Waals surface area (Å²) in [6.45, 7) is 2.54. The molecule has 0 saturated heterocycles. The van der Waals surface area contributed by atoms with E-state index >= 15 is 0 Å². The fraction of sp³-hybridized carbons (Fsp3) is 0.417. The topological polar surface area (TPSA) is 80.0 Å². The number of aliphatic hydroxyl groups is 1. The first-order valence-corrected chi connectivity index (χ1v) is 7.39. The molecule has 2 N–H and O–H groups in total. The monoisotopic (exact) mass is 314 g/mol. The third-order valence-electron chi connectivity index (χ3n) is 2.68. The number of hydrogen-bond donors (Lipinski definition) is 2. The lowest BCUT2D eigenvalue weighted by Gasteiger charge is -2.08. The molecule has 20 heavy (non-hydrogen) atoms. The van der Waals surface area contributed by atoms with Crippen molar-refractivity contribution < 1.29 is 5.11 Å². The zero-order valence-electron chi connectivity index (χ0n) is 11.0. The molecule has 0 spiro atoms. The zero-order chi connectivity index (χ0) is 14.5. The molecule has 0 amide bonds. The molecule has 8 heteroatoms. The molecule has 2 aromatic heterocycles. The van der Waals surface area contributed by atoms with Crippen LogP contribution in [-0.4, -0.2) is 26.5 Å². The second kappa shape index (κ2) is 6.83. The number of halogens is 1. The number of aliphatic hydroxyl groups excluding tert-OH is 1. The fourth-order valence-electron chi connectivity index (χ4n) is 1.61. The zero-order valence-corrected chi connectivity index (χ0v) is 12.5. The van der Waals surface area contributed by atoms with Gasteiger partial charge in [0.1, 0.15) is 10.0 Å². The predicted molar refractivity (Wildman–Crippen MR) is 79.4 cm³/mol. The van der Waals surface area contributed by atoms with Crippen molar-refractivity contribution in [2.75, 3.05) is 11.9 Å². The van der Waals surface area contributed by atoms with Crippen molar-refractivity contribution in [3.05, 3.63) is 37.7 Å². The van der Waals surface area contributed by atoms with E-state index in [1.165, 1.54) is 11.1 Å². The summed E-state index contributed by atoms with van der Waals surface area (Å²) in [5.41, 5.74) is 0.0539. The van der Waals surface area contributed by atoms with Gasteiger partial charge in [-0.3, -0.25) is 4.79 Å². The molecule has 0 atom stereocenters. The highest BCUT2D eigenvalue weighted by atomic mass is 35.5. The number of thiazole rings is 1. The van der Waals surface area contributed by atoms with Gasteiger partial charge in [0.25, 0.3) is 5.56 Å². The molecule has 0 aliphatic carbocycles. The fourth-order valence-corrected chi connectivity index (χ4v) is 2.62. The van der Waals surface area contributed by atoms with E-state index in [0.717, 1.165) is 16.1 Å². The number of aromatic nitrogens is 3. The second-order valence-corrected chi connectivity index (χ2v) is 5.63. The van der Waals surface area contributed by atoms with Gasteiger partial charge in [-0.05, 0) is 6.42 Å². The van der Waals surface area contributed by atoms with Crippen LogP contribution >= 0.6 is 22.9 Å². The van der Waals surface area contributed by atoms with Crippen LogP contribution in [0.2, 0.25) is 5.02 Å². The van der Waals surface area contributed by atoms with Crippen molar-refractivity contribution in [1.29, 1.82) is 0 Å². The first kappa shape index (κ1) is 15.0. The van der Waals surface area contributed by atoms with E-state index in [1.807, 2.05) is 6.20 Å². The van der Waals surface area contributed by atoms with Crippen molar-refractivity contribution in [2.24, 2.45) is 0 Å². The Kier molecular flexibility index (Phi) is 5.11. The lowest BCUT2D eigenvalue weighted by molar-refractivity contribution is 0.266. The van der Waals surface area contributed by atoms with Gasteiger partial charge in [0.05, 0.1) is 31.6 Å². The molecule has 2 rings (SSSR count). The van der Waals surface area contributed by atoms with Gasteiger partial charge in [-0.2, -0.15) is 5.10 Å². The van der Waals surface area contributed by atoms with Crippen LogP contribution in [0.1, 0.15) is 16.8 Å². The standard InChI is InChI=1S/C12H15ClN4O2S/c1-2-8-5-15-10(20-8)7-14-9-6-16-17(3-4-18)12(19)11(9)13/h5-6,14,18H,2-4,7H2,1H3. The van der Waals surface area contributed by atoms with Gasteiger partial charge in [0.2, 0.25) is 0 Å². The number of nitrogens with zero attached hydrogens (tertiary/aromatic N) is 3. The van der Waals surface area contributed by atoms with Gasteiger partial charge < -0.3 is 10.4 Å². The lowest BCUT2D eigenvalue weighted by atomic mass is 10.4. The van der Waals surface area contributed by atoms with Crippen LogP contribution in [0, 0.1) is 0 Å². The van der Waals surface area contributed by atoms with E-state index in [2.05, 4.69) is 22.3 Å². The highest BCUT2D eigenvalue weighted by Crippen LogP contribution is 2.18. The first-order valence-electron chi connectivity index (χ1n) is 6.19. The van der Waals surface area contributed by atoms with Crippen LogP contribution < -0.4 is 10.9 Å². The Morgan fingerprint density at radius 1 is 1.50 bits per heavy atom. The molecule has 0 bridgehead atoms. The molecule has 0 saturated carbocycles. The Morgan fingerprint density at radius 3 is 2.95 bits per heavy atom. The maximum atomic E-state index is 11.8. The Bertz CT molecular complexity index is 641. The molecule has 0 aromatic carbocycles. The Labute approximate surface area is 125 Å².